The van der Waals surface area contributed by atoms with Crippen molar-refractivity contribution in [2.45, 2.75) is 19.3 Å². The number of aryl methyl sites for hydroxylation is 1. The number of aliphatic carboxylic acids is 1. The monoisotopic (exact) mass is 241 g/mol. The molecule has 0 bridgehead atoms. The van der Waals surface area contributed by atoms with E-state index >= 15 is 0 Å². The lowest BCUT2D eigenvalue weighted by Gasteiger charge is -2.02. The van der Waals surface area contributed by atoms with Gasteiger partial charge in [0.2, 0.25) is 0 Å². The van der Waals surface area contributed by atoms with Crippen molar-refractivity contribution in [3.63, 3.8) is 0 Å². The summed E-state index contributed by atoms with van der Waals surface area (Å²) in [7, 11) is 0. The van der Waals surface area contributed by atoms with E-state index in [0.29, 0.717) is 6.42 Å². The van der Waals surface area contributed by atoms with E-state index in [4.69, 9.17) is 0 Å². The number of carbonyl (C=O) groups is 1. The van der Waals surface area contributed by atoms with Gasteiger partial charge in [0.05, 0.1) is 0 Å². The Hall–Kier alpha value is -0.830. The van der Waals surface area contributed by atoms with Gasteiger partial charge in [-0.3, -0.25) is 0 Å². The number of carboxylic acids is 1. The quantitative estimate of drug-likeness (QED) is 0.803. The second-order valence-electron chi connectivity index (χ2n) is 2.85. The smallest absolute Gasteiger partial charge is 0.0414 e. The van der Waals surface area contributed by atoms with Crippen LogP contribution in [0.1, 0.15) is 18.4 Å². The molecule has 0 atom stereocenters. The summed E-state index contributed by atoms with van der Waals surface area (Å²) >= 11 is 3.33. The molecule has 0 N–H and O–H groups in total. The fourth-order valence-corrected chi connectivity index (χ4v) is 1.35. The van der Waals surface area contributed by atoms with Crippen molar-refractivity contribution in [2.24, 2.45) is 0 Å². The van der Waals surface area contributed by atoms with Gasteiger partial charge in [0.25, 0.3) is 0 Å². The SMILES string of the molecule is O=C([O-])CCCc1ccc(Br)cc1. The van der Waals surface area contributed by atoms with Crippen molar-refractivity contribution >= 4 is 21.9 Å². The number of hydrogen-bond donors (Lipinski definition) is 0. The number of rotatable bonds is 4. The van der Waals surface area contributed by atoms with Crippen molar-refractivity contribution < 1.29 is 9.90 Å². The lowest BCUT2D eigenvalue weighted by Crippen LogP contribution is -2.21. The average Bonchev–Trinajstić information content (AvgIpc) is 2.08. The van der Waals surface area contributed by atoms with Crippen LogP contribution in [0.4, 0.5) is 0 Å². The van der Waals surface area contributed by atoms with Crippen molar-refractivity contribution in [3.8, 4) is 0 Å². The van der Waals surface area contributed by atoms with Crippen LogP contribution in [0.2, 0.25) is 0 Å². The fourth-order valence-electron chi connectivity index (χ4n) is 1.09. The molecule has 0 spiro atoms. The number of carbonyl (C=O) groups excluding carboxylic acids is 1. The van der Waals surface area contributed by atoms with E-state index in [9.17, 15) is 9.90 Å². The first-order valence-corrected chi connectivity index (χ1v) is 4.92. The number of benzene rings is 1. The first kappa shape index (κ1) is 10.3. The third-order valence-corrected chi connectivity index (χ3v) is 2.29. The summed E-state index contributed by atoms with van der Waals surface area (Å²) in [5.74, 6) is -0.975. The zero-order valence-electron chi connectivity index (χ0n) is 7.13. The maximum atomic E-state index is 10.1. The molecule has 1 aromatic carbocycles. The molecule has 0 amide bonds. The largest absolute Gasteiger partial charge is 0.550 e. The van der Waals surface area contributed by atoms with E-state index in [1.165, 1.54) is 0 Å². The van der Waals surface area contributed by atoms with Gasteiger partial charge in [0.1, 0.15) is 0 Å². The van der Waals surface area contributed by atoms with Crippen LogP contribution in [-0.2, 0) is 11.2 Å². The molecule has 13 heavy (non-hydrogen) atoms. The number of halogens is 1. The van der Waals surface area contributed by atoms with Crippen LogP contribution in [0.25, 0.3) is 0 Å². The molecule has 0 saturated heterocycles. The Kier molecular flexibility index (Phi) is 3.96. The number of carboxylic acid groups (broad SMARTS) is 1. The molecule has 0 heterocycles. The maximum absolute atomic E-state index is 10.1. The van der Waals surface area contributed by atoms with Gasteiger partial charge >= 0.3 is 0 Å². The molecule has 0 fully saturated rings. The molecule has 1 rings (SSSR count). The second-order valence-corrected chi connectivity index (χ2v) is 3.77. The lowest BCUT2D eigenvalue weighted by molar-refractivity contribution is -0.305. The molecular weight excluding hydrogens is 232 g/mol. The Labute approximate surface area is 85.7 Å². The van der Waals surface area contributed by atoms with Crippen LogP contribution in [0.15, 0.2) is 28.7 Å². The molecule has 0 saturated carbocycles. The Morgan fingerprint density at radius 2 is 1.92 bits per heavy atom. The summed E-state index contributed by atoms with van der Waals surface area (Å²) in [6, 6.07) is 7.88. The maximum Gasteiger partial charge on any atom is 0.0414 e. The highest BCUT2D eigenvalue weighted by Crippen LogP contribution is 2.12. The zero-order chi connectivity index (χ0) is 9.68. The molecule has 0 aliphatic carbocycles. The molecule has 0 aromatic heterocycles. The standard InChI is InChI=1S/C10H11BrO2/c11-9-6-4-8(5-7-9)2-1-3-10(12)13/h4-7H,1-3H2,(H,12,13)/p-1. The molecule has 0 radical (unpaired) electrons. The third-order valence-electron chi connectivity index (χ3n) is 1.76. The van der Waals surface area contributed by atoms with Gasteiger partial charge in [0.15, 0.2) is 0 Å². The van der Waals surface area contributed by atoms with Gasteiger partial charge in [-0.2, -0.15) is 0 Å². The molecule has 0 aliphatic heterocycles. The van der Waals surface area contributed by atoms with Crippen LogP contribution in [0.3, 0.4) is 0 Å². The summed E-state index contributed by atoms with van der Waals surface area (Å²) in [5.41, 5.74) is 1.16. The Morgan fingerprint density at radius 3 is 2.46 bits per heavy atom. The van der Waals surface area contributed by atoms with Crippen molar-refractivity contribution in [3.05, 3.63) is 34.3 Å². The minimum Gasteiger partial charge on any atom is -0.550 e. The van der Waals surface area contributed by atoms with Gasteiger partial charge < -0.3 is 9.90 Å². The Morgan fingerprint density at radius 1 is 1.31 bits per heavy atom. The van der Waals surface area contributed by atoms with E-state index < -0.39 is 5.97 Å². The highest BCUT2D eigenvalue weighted by atomic mass is 79.9. The molecule has 1 aromatic rings. The number of hydrogen-bond acceptors (Lipinski definition) is 2. The predicted molar refractivity (Wildman–Crippen MR) is 52.1 cm³/mol. The highest BCUT2D eigenvalue weighted by molar-refractivity contribution is 9.10. The van der Waals surface area contributed by atoms with E-state index in [-0.39, 0.29) is 6.42 Å². The fraction of sp³-hybridized carbons (Fsp3) is 0.300. The summed E-state index contributed by atoms with van der Waals surface area (Å²) in [6.07, 6.45) is 1.57. The van der Waals surface area contributed by atoms with Gasteiger partial charge in [-0.15, -0.1) is 0 Å². The Balaban J connectivity index is 2.37. The van der Waals surface area contributed by atoms with Gasteiger partial charge in [0, 0.05) is 10.4 Å². The first-order valence-electron chi connectivity index (χ1n) is 4.13. The van der Waals surface area contributed by atoms with Crippen LogP contribution in [0.5, 0.6) is 0 Å². The van der Waals surface area contributed by atoms with Gasteiger partial charge in [-0.25, -0.2) is 0 Å². The summed E-state index contributed by atoms with van der Waals surface area (Å²) in [4.78, 5) is 10.1. The average molecular weight is 242 g/mol. The molecule has 3 heteroatoms. The third kappa shape index (κ3) is 4.08. The lowest BCUT2D eigenvalue weighted by atomic mass is 10.1. The topological polar surface area (TPSA) is 40.1 Å². The highest BCUT2D eigenvalue weighted by Gasteiger charge is 1.93. The molecule has 0 unspecified atom stereocenters. The molecule has 70 valence electrons. The zero-order valence-corrected chi connectivity index (χ0v) is 8.71. The van der Waals surface area contributed by atoms with E-state index in [1.807, 2.05) is 24.3 Å². The molecule has 0 aliphatic rings. The Bertz CT molecular complexity index is 279. The van der Waals surface area contributed by atoms with E-state index in [2.05, 4.69) is 15.9 Å². The minimum atomic E-state index is -0.975. The van der Waals surface area contributed by atoms with Crippen molar-refractivity contribution in [1.29, 1.82) is 0 Å². The minimum absolute atomic E-state index is 0.135. The van der Waals surface area contributed by atoms with Gasteiger partial charge in [-0.05, 0) is 37.0 Å². The van der Waals surface area contributed by atoms with Crippen molar-refractivity contribution in [2.75, 3.05) is 0 Å². The van der Waals surface area contributed by atoms with E-state index in [0.717, 1.165) is 16.5 Å². The summed E-state index contributed by atoms with van der Waals surface area (Å²) in [6.45, 7) is 0. The normalized spacial score (nSPS) is 9.92. The second kappa shape index (κ2) is 5.02. The van der Waals surface area contributed by atoms with Crippen LogP contribution < -0.4 is 5.11 Å². The van der Waals surface area contributed by atoms with Crippen molar-refractivity contribution in [1.82, 2.24) is 0 Å². The summed E-state index contributed by atoms with van der Waals surface area (Å²) in [5, 5.41) is 10.1. The molecular formula is C10H10BrO2-. The first-order chi connectivity index (χ1) is 6.18. The van der Waals surface area contributed by atoms with Crippen LogP contribution in [-0.4, -0.2) is 5.97 Å². The van der Waals surface area contributed by atoms with Crippen LogP contribution in [0, 0.1) is 0 Å². The predicted octanol–water partition coefficient (Wildman–Crippen LogP) is 1.52. The molecule has 2 nitrogen and oxygen atoms in total. The van der Waals surface area contributed by atoms with E-state index in [1.54, 1.807) is 0 Å². The van der Waals surface area contributed by atoms with Gasteiger partial charge in [-0.1, -0.05) is 28.1 Å². The van der Waals surface area contributed by atoms with Crippen LogP contribution >= 0.6 is 15.9 Å². The summed E-state index contributed by atoms with van der Waals surface area (Å²) < 4.78 is 1.04.